The molecule has 2 aromatic rings. The summed E-state index contributed by atoms with van der Waals surface area (Å²) in [6.45, 7) is 0.100. The van der Waals surface area contributed by atoms with Crippen LogP contribution in [0, 0.1) is 11.8 Å². The number of nitrogens with one attached hydrogen (secondary N) is 1. The monoisotopic (exact) mass is 346 g/mol. The summed E-state index contributed by atoms with van der Waals surface area (Å²) in [5, 5.41) is 4.68. The molecule has 3 heterocycles. The van der Waals surface area contributed by atoms with Crippen molar-refractivity contribution in [3.05, 3.63) is 23.5 Å². The molecule has 24 heavy (non-hydrogen) atoms. The van der Waals surface area contributed by atoms with Crippen molar-refractivity contribution in [3.63, 3.8) is 0 Å². The number of nitrogens with zero attached hydrogens (tertiary/aromatic N) is 3. The fourth-order valence-electron chi connectivity index (χ4n) is 3.64. The van der Waals surface area contributed by atoms with Crippen molar-refractivity contribution < 1.29 is 14.4 Å². The maximum Gasteiger partial charge on any atom is 0.240 e. The van der Waals surface area contributed by atoms with Gasteiger partial charge < -0.3 is 5.32 Å². The summed E-state index contributed by atoms with van der Waals surface area (Å²) in [5.74, 6) is -1.10. The quantitative estimate of drug-likeness (QED) is 0.843. The van der Waals surface area contributed by atoms with E-state index >= 15 is 0 Å². The lowest BCUT2D eigenvalue weighted by Gasteiger charge is -2.19. The Hall–Kier alpha value is -2.22. The molecule has 1 aliphatic carbocycles. The van der Waals surface area contributed by atoms with E-state index in [0.717, 1.165) is 41.2 Å². The van der Waals surface area contributed by atoms with E-state index in [0.29, 0.717) is 0 Å². The maximum atomic E-state index is 12.4. The molecular formula is C16H18N4O3S. The third kappa shape index (κ3) is 2.60. The lowest BCUT2D eigenvalue weighted by atomic mass is 9.81. The number of imidazole rings is 1. The van der Waals surface area contributed by atoms with E-state index in [9.17, 15) is 14.4 Å². The first kappa shape index (κ1) is 15.3. The van der Waals surface area contributed by atoms with Gasteiger partial charge >= 0.3 is 0 Å². The van der Waals surface area contributed by atoms with Gasteiger partial charge in [-0.3, -0.25) is 23.7 Å². The summed E-state index contributed by atoms with van der Waals surface area (Å²) >= 11 is 1.52. The molecule has 2 fully saturated rings. The van der Waals surface area contributed by atoms with E-state index < -0.39 is 0 Å². The number of hydrogen-bond acceptors (Lipinski definition) is 5. The summed E-state index contributed by atoms with van der Waals surface area (Å²) in [7, 11) is 0. The standard InChI is InChI=1S/C16H18N4O3S/c21-13(17-7-10-8-19-5-6-24-16(19)18-10)9-20-14(22)11-3-1-2-4-12(11)15(20)23/h5-6,8,11-12H,1-4,7,9H2,(H,17,21). The Bertz CT molecular complexity index is 759. The molecule has 0 bridgehead atoms. The lowest BCUT2D eigenvalue weighted by molar-refractivity contribution is -0.143. The lowest BCUT2D eigenvalue weighted by Crippen LogP contribution is -2.40. The molecule has 4 rings (SSSR count). The third-order valence-corrected chi connectivity index (χ3v) is 5.61. The van der Waals surface area contributed by atoms with Crippen LogP contribution in [0.15, 0.2) is 17.8 Å². The van der Waals surface area contributed by atoms with Gasteiger partial charge in [0.1, 0.15) is 6.54 Å². The van der Waals surface area contributed by atoms with Crippen molar-refractivity contribution >= 4 is 34.0 Å². The second kappa shape index (κ2) is 6.01. The van der Waals surface area contributed by atoms with Crippen LogP contribution in [-0.4, -0.2) is 38.6 Å². The van der Waals surface area contributed by atoms with Crippen molar-refractivity contribution in [2.45, 2.75) is 32.2 Å². The maximum absolute atomic E-state index is 12.4. The fraction of sp³-hybridized carbons (Fsp3) is 0.500. The highest BCUT2D eigenvalue weighted by atomic mass is 32.1. The number of aromatic nitrogens is 2. The predicted molar refractivity (Wildman–Crippen MR) is 87.1 cm³/mol. The number of carbonyl (C=O) groups excluding carboxylic acids is 3. The van der Waals surface area contributed by atoms with E-state index in [1.807, 2.05) is 22.2 Å². The van der Waals surface area contributed by atoms with Gasteiger partial charge in [-0.2, -0.15) is 0 Å². The number of hydrogen-bond donors (Lipinski definition) is 1. The van der Waals surface area contributed by atoms with Gasteiger partial charge in [0.15, 0.2) is 4.96 Å². The van der Waals surface area contributed by atoms with Crippen LogP contribution in [-0.2, 0) is 20.9 Å². The van der Waals surface area contributed by atoms with E-state index in [1.165, 1.54) is 11.3 Å². The van der Waals surface area contributed by atoms with E-state index in [1.54, 1.807) is 0 Å². The van der Waals surface area contributed by atoms with Crippen LogP contribution in [0.3, 0.4) is 0 Å². The van der Waals surface area contributed by atoms with E-state index in [2.05, 4.69) is 10.3 Å². The first-order valence-corrected chi connectivity index (χ1v) is 9.04. The molecule has 8 heteroatoms. The molecule has 1 aliphatic heterocycles. The van der Waals surface area contributed by atoms with Crippen molar-refractivity contribution in [3.8, 4) is 0 Å². The minimum Gasteiger partial charge on any atom is -0.349 e. The Balaban J connectivity index is 1.36. The largest absolute Gasteiger partial charge is 0.349 e. The van der Waals surface area contributed by atoms with Crippen LogP contribution in [0.2, 0.25) is 0 Å². The van der Waals surface area contributed by atoms with Gasteiger partial charge in [-0.15, -0.1) is 11.3 Å². The summed E-state index contributed by atoms with van der Waals surface area (Å²) in [4.78, 5) is 43.2. The van der Waals surface area contributed by atoms with Crippen molar-refractivity contribution in [1.29, 1.82) is 0 Å². The smallest absolute Gasteiger partial charge is 0.240 e. The van der Waals surface area contributed by atoms with Crippen molar-refractivity contribution in [2.75, 3.05) is 6.54 Å². The predicted octanol–water partition coefficient (Wildman–Crippen LogP) is 1.19. The van der Waals surface area contributed by atoms with E-state index in [4.69, 9.17) is 0 Å². The first-order valence-electron chi connectivity index (χ1n) is 8.16. The molecule has 0 radical (unpaired) electrons. The topological polar surface area (TPSA) is 83.8 Å². The van der Waals surface area contributed by atoms with Gasteiger partial charge in [-0.1, -0.05) is 12.8 Å². The number of amides is 3. The highest BCUT2D eigenvalue weighted by molar-refractivity contribution is 7.15. The van der Waals surface area contributed by atoms with Gasteiger partial charge in [0, 0.05) is 17.8 Å². The Labute approximate surface area is 142 Å². The Morgan fingerprint density at radius 2 is 1.96 bits per heavy atom. The molecule has 2 unspecified atom stereocenters. The average molecular weight is 346 g/mol. The van der Waals surface area contributed by atoms with Gasteiger partial charge in [0.2, 0.25) is 17.7 Å². The summed E-state index contributed by atoms with van der Waals surface area (Å²) in [6.07, 6.45) is 7.25. The van der Waals surface area contributed by atoms with Crippen LogP contribution in [0.25, 0.3) is 4.96 Å². The zero-order chi connectivity index (χ0) is 16.7. The number of thiazole rings is 1. The summed E-state index contributed by atoms with van der Waals surface area (Å²) in [5.41, 5.74) is 0.753. The molecule has 1 N–H and O–H groups in total. The molecule has 126 valence electrons. The van der Waals surface area contributed by atoms with Gasteiger partial charge in [0.05, 0.1) is 24.1 Å². The zero-order valence-corrected chi connectivity index (χ0v) is 13.9. The van der Waals surface area contributed by atoms with Crippen LogP contribution >= 0.6 is 11.3 Å². The van der Waals surface area contributed by atoms with Gasteiger partial charge in [0.25, 0.3) is 0 Å². The molecule has 0 spiro atoms. The Morgan fingerprint density at radius 3 is 2.62 bits per heavy atom. The second-order valence-corrected chi connectivity index (χ2v) is 7.23. The molecule has 0 aromatic carbocycles. The number of likely N-dealkylation sites (tertiary alicyclic amines) is 1. The highest BCUT2D eigenvalue weighted by Gasteiger charge is 2.48. The molecule has 2 atom stereocenters. The average Bonchev–Trinajstić information content (AvgIpc) is 3.23. The molecule has 2 aliphatic rings. The fourth-order valence-corrected chi connectivity index (χ4v) is 4.36. The normalized spacial score (nSPS) is 23.8. The number of imide groups is 1. The second-order valence-electron chi connectivity index (χ2n) is 6.36. The summed E-state index contributed by atoms with van der Waals surface area (Å²) in [6, 6.07) is 0. The number of rotatable bonds is 4. The number of carbonyl (C=O) groups is 3. The first-order chi connectivity index (χ1) is 11.6. The van der Waals surface area contributed by atoms with Crippen LogP contribution in [0.4, 0.5) is 0 Å². The number of fused-ring (bicyclic) bond motifs is 2. The minimum atomic E-state index is -0.327. The van der Waals surface area contributed by atoms with Crippen molar-refractivity contribution in [2.24, 2.45) is 11.8 Å². The molecule has 1 saturated carbocycles. The van der Waals surface area contributed by atoms with Crippen LogP contribution < -0.4 is 5.32 Å². The Morgan fingerprint density at radius 1 is 1.25 bits per heavy atom. The molecule has 2 aromatic heterocycles. The van der Waals surface area contributed by atoms with Crippen LogP contribution in [0.1, 0.15) is 31.4 Å². The van der Waals surface area contributed by atoms with Gasteiger partial charge in [-0.05, 0) is 12.8 Å². The zero-order valence-electron chi connectivity index (χ0n) is 13.1. The summed E-state index contributed by atoms with van der Waals surface area (Å²) < 4.78 is 1.89. The van der Waals surface area contributed by atoms with Gasteiger partial charge in [-0.25, -0.2) is 4.98 Å². The molecule has 7 nitrogen and oxygen atoms in total. The van der Waals surface area contributed by atoms with E-state index in [-0.39, 0.29) is 42.6 Å². The molecule has 1 saturated heterocycles. The molecular weight excluding hydrogens is 328 g/mol. The van der Waals surface area contributed by atoms with Crippen molar-refractivity contribution in [1.82, 2.24) is 19.6 Å². The van der Waals surface area contributed by atoms with Crippen LogP contribution in [0.5, 0.6) is 0 Å². The highest BCUT2D eigenvalue weighted by Crippen LogP contribution is 2.37. The Kier molecular flexibility index (Phi) is 3.84. The minimum absolute atomic E-state index is 0.178. The molecule has 3 amide bonds. The SMILES string of the molecule is O=C(CN1C(=O)C2CCCCC2C1=O)NCc1cn2ccsc2n1. The third-order valence-electron chi connectivity index (χ3n) is 4.84.